The molecule has 0 aliphatic rings. The number of aromatic nitrogens is 1. The van der Waals surface area contributed by atoms with Crippen LogP contribution in [-0.2, 0) is 5.41 Å². The topological polar surface area (TPSA) is 77.8 Å². The number of nitrogens with one attached hydrogen (secondary N) is 1. The number of hydrogen-bond donors (Lipinski definition) is 2. The van der Waals surface area contributed by atoms with Gasteiger partial charge in [0, 0.05) is 10.9 Å². The molecule has 5 heteroatoms. The van der Waals surface area contributed by atoms with E-state index in [1.165, 1.54) is 0 Å². The minimum atomic E-state index is -0.443. The van der Waals surface area contributed by atoms with Crippen LogP contribution in [0.5, 0.6) is 5.88 Å². The Morgan fingerprint density at radius 1 is 1.08 bits per heavy atom. The maximum Gasteiger partial charge on any atom is 0.295 e. The molecule has 0 saturated heterocycles. The van der Waals surface area contributed by atoms with Crippen molar-refractivity contribution in [2.75, 3.05) is 0 Å². The fourth-order valence-electron chi connectivity index (χ4n) is 2.64. The molecular weight excluding hydrogens is 314 g/mol. The summed E-state index contributed by atoms with van der Waals surface area (Å²) in [7, 11) is 0. The molecule has 1 aromatic heterocycles. The lowest BCUT2D eigenvalue weighted by Gasteiger charge is -2.18. The standard InChI is InChI=1S/C20H21N3O2/c1-12-5-10-16-15(11-12)17(19(25)21-16)22-23-18(24)13-6-8-14(9-7-13)20(2,3)4/h5-11,21,25H,1-4H3. The molecule has 0 unspecified atom stereocenters. The normalized spacial score (nSPS) is 12.2. The van der Waals surface area contributed by atoms with Crippen LogP contribution in [0.4, 0.5) is 5.69 Å². The van der Waals surface area contributed by atoms with E-state index >= 15 is 0 Å². The minimum Gasteiger partial charge on any atom is -0.493 e. The lowest BCUT2D eigenvalue weighted by atomic mass is 9.87. The molecule has 5 nitrogen and oxygen atoms in total. The van der Waals surface area contributed by atoms with E-state index in [4.69, 9.17) is 0 Å². The van der Waals surface area contributed by atoms with E-state index in [-0.39, 0.29) is 17.0 Å². The van der Waals surface area contributed by atoms with E-state index in [0.29, 0.717) is 5.56 Å². The van der Waals surface area contributed by atoms with Gasteiger partial charge in [0.2, 0.25) is 5.88 Å². The Kier molecular flexibility index (Phi) is 4.17. The van der Waals surface area contributed by atoms with Gasteiger partial charge in [0.15, 0.2) is 5.69 Å². The number of fused-ring (bicyclic) bond motifs is 1. The van der Waals surface area contributed by atoms with Crippen molar-refractivity contribution in [3.8, 4) is 5.88 Å². The number of aromatic amines is 1. The van der Waals surface area contributed by atoms with Crippen molar-refractivity contribution in [2.24, 2.45) is 10.2 Å². The van der Waals surface area contributed by atoms with E-state index in [9.17, 15) is 9.90 Å². The number of carbonyl (C=O) groups is 1. The molecule has 0 saturated carbocycles. The quantitative estimate of drug-likeness (QED) is 0.615. The number of hydrogen-bond acceptors (Lipinski definition) is 3. The number of aromatic hydroxyl groups is 1. The van der Waals surface area contributed by atoms with Crippen LogP contribution in [0.15, 0.2) is 52.7 Å². The van der Waals surface area contributed by atoms with Gasteiger partial charge in [-0.1, -0.05) is 44.5 Å². The largest absolute Gasteiger partial charge is 0.493 e. The van der Waals surface area contributed by atoms with E-state index in [1.807, 2.05) is 37.3 Å². The van der Waals surface area contributed by atoms with Crippen LogP contribution < -0.4 is 0 Å². The fourth-order valence-corrected chi connectivity index (χ4v) is 2.64. The van der Waals surface area contributed by atoms with Gasteiger partial charge in [-0.2, -0.15) is 0 Å². The summed E-state index contributed by atoms with van der Waals surface area (Å²) in [5.41, 5.74) is 3.69. The molecule has 1 heterocycles. The van der Waals surface area contributed by atoms with Gasteiger partial charge in [-0.3, -0.25) is 4.79 Å². The second-order valence-electron chi connectivity index (χ2n) is 7.20. The number of azo groups is 1. The molecule has 2 N–H and O–H groups in total. The van der Waals surface area contributed by atoms with Crippen molar-refractivity contribution in [3.05, 3.63) is 59.2 Å². The van der Waals surface area contributed by atoms with Crippen LogP contribution >= 0.6 is 0 Å². The molecule has 0 fully saturated rings. The smallest absolute Gasteiger partial charge is 0.295 e. The summed E-state index contributed by atoms with van der Waals surface area (Å²) in [5.74, 6) is -0.540. The van der Waals surface area contributed by atoms with Crippen LogP contribution in [0.1, 0.15) is 42.3 Å². The van der Waals surface area contributed by atoms with Crippen molar-refractivity contribution in [1.82, 2.24) is 4.98 Å². The number of aryl methyl sites for hydroxylation is 1. The van der Waals surface area contributed by atoms with Crippen molar-refractivity contribution in [2.45, 2.75) is 33.1 Å². The SMILES string of the molecule is Cc1ccc2[nH]c(O)c(N=NC(=O)c3ccc(C(C)(C)C)cc3)c2c1. The zero-order valence-electron chi connectivity index (χ0n) is 14.8. The molecule has 1 amide bonds. The monoisotopic (exact) mass is 335 g/mol. The molecule has 2 aromatic carbocycles. The lowest BCUT2D eigenvalue weighted by Crippen LogP contribution is -2.11. The van der Waals surface area contributed by atoms with Gasteiger partial charge in [0.25, 0.3) is 5.91 Å². The Bertz CT molecular complexity index is 961. The summed E-state index contributed by atoms with van der Waals surface area (Å²) in [4.78, 5) is 15.1. The Morgan fingerprint density at radius 3 is 2.40 bits per heavy atom. The summed E-state index contributed by atoms with van der Waals surface area (Å²) in [6, 6.07) is 13.0. The molecule has 0 aliphatic heterocycles. The highest BCUT2D eigenvalue weighted by Crippen LogP contribution is 2.36. The zero-order chi connectivity index (χ0) is 18.2. The van der Waals surface area contributed by atoms with Crippen LogP contribution in [-0.4, -0.2) is 16.0 Å². The number of H-pyrrole nitrogens is 1. The van der Waals surface area contributed by atoms with Crippen LogP contribution in [0.2, 0.25) is 0 Å². The van der Waals surface area contributed by atoms with Gasteiger partial charge >= 0.3 is 0 Å². The molecule has 3 rings (SSSR count). The first-order valence-electron chi connectivity index (χ1n) is 8.13. The van der Waals surface area contributed by atoms with Crippen molar-refractivity contribution < 1.29 is 9.90 Å². The molecule has 128 valence electrons. The van der Waals surface area contributed by atoms with Crippen LogP contribution in [0.3, 0.4) is 0 Å². The van der Waals surface area contributed by atoms with Crippen LogP contribution in [0, 0.1) is 6.92 Å². The first-order valence-corrected chi connectivity index (χ1v) is 8.13. The number of carbonyl (C=O) groups excluding carboxylic acids is 1. The van der Waals surface area contributed by atoms with Gasteiger partial charge < -0.3 is 10.1 Å². The van der Waals surface area contributed by atoms with Gasteiger partial charge in [-0.25, -0.2) is 0 Å². The van der Waals surface area contributed by atoms with Crippen LogP contribution in [0.25, 0.3) is 10.9 Å². The number of nitrogens with zero attached hydrogens (tertiary/aromatic N) is 2. The Balaban J connectivity index is 1.88. The highest BCUT2D eigenvalue weighted by atomic mass is 16.3. The summed E-state index contributed by atoms with van der Waals surface area (Å²) in [5, 5.41) is 18.5. The molecular formula is C20H21N3O2. The number of benzene rings is 2. The average Bonchev–Trinajstić information content (AvgIpc) is 2.86. The molecule has 25 heavy (non-hydrogen) atoms. The molecule has 0 radical (unpaired) electrons. The van der Waals surface area contributed by atoms with Gasteiger partial charge in [-0.05, 0) is 42.2 Å². The number of amides is 1. The second-order valence-corrected chi connectivity index (χ2v) is 7.20. The predicted octanol–water partition coefficient (Wildman–Crippen LogP) is 5.40. The highest BCUT2D eigenvalue weighted by Gasteiger charge is 2.15. The summed E-state index contributed by atoms with van der Waals surface area (Å²) in [6.07, 6.45) is 0. The highest BCUT2D eigenvalue weighted by molar-refractivity contribution is 5.97. The first kappa shape index (κ1) is 16.9. The third kappa shape index (κ3) is 3.45. The van der Waals surface area contributed by atoms with Gasteiger partial charge in [0.05, 0.1) is 5.52 Å². The predicted molar refractivity (Wildman–Crippen MR) is 98.7 cm³/mol. The summed E-state index contributed by atoms with van der Waals surface area (Å²) >= 11 is 0. The van der Waals surface area contributed by atoms with Crippen molar-refractivity contribution in [3.63, 3.8) is 0 Å². The second kappa shape index (κ2) is 6.16. The van der Waals surface area contributed by atoms with E-state index < -0.39 is 5.91 Å². The lowest BCUT2D eigenvalue weighted by molar-refractivity contribution is 0.0995. The molecule has 0 spiro atoms. The van der Waals surface area contributed by atoms with E-state index in [2.05, 4.69) is 36.0 Å². The fraction of sp³-hybridized carbons (Fsp3) is 0.250. The molecule has 0 bridgehead atoms. The van der Waals surface area contributed by atoms with Gasteiger partial charge in [-0.15, -0.1) is 10.2 Å². The maximum absolute atomic E-state index is 12.3. The Hall–Kier alpha value is -2.95. The maximum atomic E-state index is 12.3. The number of rotatable bonds is 2. The van der Waals surface area contributed by atoms with E-state index in [0.717, 1.165) is 22.0 Å². The Labute approximate surface area is 146 Å². The van der Waals surface area contributed by atoms with Crippen molar-refractivity contribution in [1.29, 1.82) is 0 Å². The molecule has 0 aliphatic carbocycles. The average molecular weight is 335 g/mol. The minimum absolute atomic E-state index is 0.0246. The third-order valence-electron chi connectivity index (χ3n) is 4.15. The van der Waals surface area contributed by atoms with E-state index in [1.54, 1.807) is 12.1 Å². The molecule has 0 atom stereocenters. The Morgan fingerprint density at radius 2 is 1.76 bits per heavy atom. The molecule has 3 aromatic rings. The summed E-state index contributed by atoms with van der Waals surface area (Å²) < 4.78 is 0. The zero-order valence-corrected chi connectivity index (χ0v) is 14.8. The summed E-state index contributed by atoms with van der Waals surface area (Å²) in [6.45, 7) is 8.30. The first-order chi connectivity index (χ1) is 11.8. The van der Waals surface area contributed by atoms with Gasteiger partial charge in [0.1, 0.15) is 0 Å². The third-order valence-corrected chi connectivity index (χ3v) is 4.15. The van der Waals surface area contributed by atoms with Crippen molar-refractivity contribution >= 4 is 22.5 Å².